The van der Waals surface area contributed by atoms with Crippen molar-refractivity contribution >= 4 is 5.97 Å². The molecule has 5 heteroatoms. The normalized spacial score (nSPS) is 7.92. The Balaban J connectivity index is 0.00000121. The molecule has 1 rings (SSSR count). The Morgan fingerprint density at radius 2 is 2.33 bits per heavy atom. The number of carbonyl (C=O) groups excluding carboxylic acids is 1. The van der Waals surface area contributed by atoms with E-state index in [1.807, 2.05) is 0 Å². The SMILES string of the molecule is N#Cc1cccnc1C(=O)[O-].[Na+]. The van der Waals surface area contributed by atoms with Crippen LogP contribution in [0.3, 0.4) is 0 Å². The standard InChI is InChI=1S/C7H4N2O2.Na/c8-4-5-2-1-3-9-6(5)7(10)11;/h1-3H,(H,10,11);/q;+1/p-1. The zero-order valence-electron chi connectivity index (χ0n) is 6.44. The molecule has 0 aliphatic heterocycles. The van der Waals surface area contributed by atoms with Gasteiger partial charge in [0.2, 0.25) is 0 Å². The molecule has 4 nitrogen and oxygen atoms in total. The number of carboxylic acid groups (broad SMARTS) is 1. The molecule has 0 unspecified atom stereocenters. The molecule has 54 valence electrons. The van der Waals surface area contributed by atoms with Crippen LogP contribution in [0.1, 0.15) is 16.1 Å². The average molecular weight is 170 g/mol. The van der Waals surface area contributed by atoms with Gasteiger partial charge in [0.25, 0.3) is 0 Å². The summed E-state index contributed by atoms with van der Waals surface area (Å²) in [5.41, 5.74) is -0.289. The predicted octanol–water partition coefficient (Wildman–Crippen LogP) is -3.68. The monoisotopic (exact) mass is 170 g/mol. The number of carboxylic acids is 1. The molecule has 0 amide bonds. The van der Waals surface area contributed by atoms with E-state index in [1.165, 1.54) is 18.3 Å². The Labute approximate surface area is 91.1 Å². The first kappa shape index (κ1) is 11.1. The van der Waals surface area contributed by atoms with Crippen molar-refractivity contribution in [3.63, 3.8) is 0 Å². The van der Waals surface area contributed by atoms with Crippen molar-refractivity contribution in [2.24, 2.45) is 0 Å². The van der Waals surface area contributed by atoms with Crippen molar-refractivity contribution < 1.29 is 39.5 Å². The molecule has 0 atom stereocenters. The second-order valence-corrected chi connectivity index (χ2v) is 1.80. The third kappa shape index (κ3) is 2.31. The van der Waals surface area contributed by atoms with E-state index in [0.29, 0.717) is 0 Å². The van der Waals surface area contributed by atoms with Crippen molar-refractivity contribution in [2.75, 3.05) is 0 Å². The molecule has 0 aliphatic carbocycles. The van der Waals surface area contributed by atoms with E-state index < -0.39 is 5.97 Å². The van der Waals surface area contributed by atoms with Crippen molar-refractivity contribution in [1.29, 1.82) is 5.26 Å². The summed E-state index contributed by atoms with van der Waals surface area (Å²) in [5.74, 6) is -1.43. The van der Waals surface area contributed by atoms with Crippen molar-refractivity contribution in [3.05, 3.63) is 29.6 Å². The third-order valence-electron chi connectivity index (χ3n) is 1.12. The van der Waals surface area contributed by atoms with E-state index in [9.17, 15) is 9.90 Å². The number of rotatable bonds is 1. The van der Waals surface area contributed by atoms with Crippen LogP contribution >= 0.6 is 0 Å². The smallest absolute Gasteiger partial charge is 0.543 e. The molecule has 0 saturated heterocycles. The molecule has 0 radical (unpaired) electrons. The molecule has 1 heterocycles. The quantitative estimate of drug-likeness (QED) is 0.407. The number of aromatic nitrogens is 1. The largest absolute Gasteiger partial charge is 1.00 e. The minimum Gasteiger partial charge on any atom is -0.543 e. The van der Waals surface area contributed by atoms with E-state index >= 15 is 0 Å². The number of pyridine rings is 1. The fraction of sp³-hybridized carbons (Fsp3) is 0. The molecule has 0 aliphatic rings. The molecule has 1 aromatic rings. The van der Waals surface area contributed by atoms with Crippen LogP contribution in [0, 0.1) is 11.3 Å². The van der Waals surface area contributed by atoms with Gasteiger partial charge in [-0.25, -0.2) is 0 Å². The second-order valence-electron chi connectivity index (χ2n) is 1.80. The van der Waals surface area contributed by atoms with E-state index in [0.717, 1.165) is 0 Å². The van der Waals surface area contributed by atoms with Gasteiger partial charge in [0.05, 0.1) is 11.5 Å². The van der Waals surface area contributed by atoms with Crippen LogP contribution in [-0.2, 0) is 0 Å². The van der Waals surface area contributed by atoms with Gasteiger partial charge in [-0.3, -0.25) is 4.98 Å². The van der Waals surface area contributed by atoms with Gasteiger partial charge in [-0.2, -0.15) is 5.26 Å². The van der Waals surface area contributed by atoms with Gasteiger partial charge in [0.15, 0.2) is 0 Å². The maximum Gasteiger partial charge on any atom is 1.00 e. The Hall–Kier alpha value is -0.890. The number of nitriles is 1. The van der Waals surface area contributed by atoms with Gasteiger partial charge in [0.1, 0.15) is 11.8 Å². The van der Waals surface area contributed by atoms with Crippen LogP contribution in [-0.4, -0.2) is 11.0 Å². The first-order valence-corrected chi connectivity index (χ1v) is 2.82. The molecule has 0 spiro atoms. The predicted molar refractivity (Wildman–Crippen MR) is 33.3 cm³/mol. The van der Waals surface area contributed by atoms with Crippen LogP contribution in [0.4, 0.5) is 0 Å². The van der Waals surface area contributed by atoms with Crippen LogP contribution < -0.4 is 34.7 Å². The molecule has 0 saturated carbocycles. The van der Waals surface area contributed by atoms with Gasteiger partial charge in [0, 0.05) is 6.20 Å². The van der Waals surface area contributed by atoms with Crippen molar-refractivity contribution in [3.8, 4) is 6.07 Å². The van der Waals surface area contributed by atoms with Gasteiger partial charge in [-0.1, -0.05) is 0 Å². The summed E-state index contributed by atoms with van der Waals surface area (Å²) in [6.45, 7) is 0. The minimum absolute atomic E-state index is 0. The van der Waals surface area contributed by atoms with E-state index in [2.05, 4.69) is 4.98 Å². The maximum absolute atomic E-state index is 10.3. The van der Waals surface area contributed by atoms with Gasteiger partial charge < -0.3 is 9.90 Å². The number of nitrogens with zero attached hydrogens (tertiary/aromatic N) is 2. The molecule has 1 aromatic heterocycles. The first-order valence-electron chi connectivity index (χ1n) is 2.82. The Morgan fingerprint density at radius 1 is 1.67 bits per heavy atom. The van der Waals surface area contributed by atoms with Crippen LogP contribution in [0.2, 0.25) is 0 Å². The summed E-state index contributed by atoms with van der Waals surface area (Å²) in [5, 5.41) is 18.6. The van der Waals surface area contributed by atoms with E-state index in [-0.39, 0.29) is 40.8 Å². The Kier molecular flexibility index (Phi) is 4.52. The fourth-order valence-electron chi connectivity index (χ4n) is 0.658. The van der Waals surface area contributed by atoms with E-state index in [4.69, 9.17) is 5.26 Å². The second kappa shape index (κ2) is 4.88. The average Bonchev–Trinajstić information content (AvgIpc) is 2.04. The Morgan fingerprint density at radius 3 is 2.75 bits per heavy atom. The zero-order valence-corrected chi connectivity index (χ0v) is 8.44. The summed E-state index contributed by atoms with van der Waals surface area (Å²) in [6.07, 6.45) is 1.30. The van der Waals surface area contributed by atoms with Crippen LogP contribution in [0.5, 0.6) is 0 Å². The maximum atomic E-state index is 10.3. The number of carbonyl (C=O) groups is 1. The van der Waals surface area contributed by atoms with Crippen molar-refractivity contribution in [2.45, 2.75) is 0 Å². The number of aromatic carboxylic acids is 1. The van der Waals surface area contributed by atoms with Gasteiger partial charge in [-0.15, -0.1) is 0 Å². The third-order valence-corrected chi connectivity index (χ3v) is 1.12. The van der Waals surface area contributed by atoms with E-state index in [1.54, 1.807) is 6.07 Å². The Bertz CT molecular complexity index is 332. The molecule has 12 heavy (non-hydrogen) atoms. The summed E-state index contributed by atoms with van der Waals surface area (Å²) < 4.78 is 0. The zero-order chi connectivity index (χ0) is 8.27. The van der Waals surface area contributed by atoms with Gasteiger partial charge in [-0.05, 0) is 12.1 Å². The topological polar surface area (TPSA) is 76.8 Å². The van der Waals surface area contributed by atoms with Gasteiger partial charge >= 0.3 is 29.6 Å². The summed E-state index contributed by atoms with van der Waals surface area (Å²) in [6, 6.07) is 4.56. The minimum atomic E-state index is -1.43. The summed E-state index contributed by atoms with van der Waals surface area (Å²) in [7, 11) is 0. The van der Waals surface area contributed by atoms with Crippen LogP contribution in [0.15, 0.2) is 18.3 Å². The molecule has 0 bridgehead atoms. The number of hydrogen-bond acceptors (Lipinski definition) is 4. The summed E-state index contributed by atoms with van der Waals surface area (Å²) >= 11 is 0. The number of hydrogen-bond donors (Lipinski definition) is 0. The van der Waals surface area contributed by atoms with Crippen LogP contribution in [0.25, 0.3) is 0 Å². The molecule has 0 N–H and O–H groups in total. The fourth-order valence-corrected chi connectivity index (χ4v) is 0.658. The first-order chi connectivity index (χ1) is 5.25. The molecular formula is C7H3N2NaO2. The summed E-state index contributed by atoms with van der Waals surface area (Å²) in [4.78, 5) is 13.7. The van der Waals surface area contributed by atoms with Crippen molar-refractivity contribution in [1.82, 2.24) is 4.98 Å². The molecule has 0 aromatic carbocycles. The molecule has 0 fully saturated rings. The molecular weight excluding hydrogens is 167 g/mol.